The van der Waals surface area contributed by atoms with E-state index in [1.165, 1.54) is 64.3 Å². The van der Waals surface area contributed by atoms with E-state index >= 15 is 0 Å². The second kappa shape index (κ2) is 8.07. The maximum absolute atomic E-state index is 4.84. The molecule has 0 amide bonds. The van der Waals surface area contributed by atoms with Gasteiger partial charge in [-0.25, -0.2) is 0 Å². The summed E-state index contributed by atoms with van der Waals surface area (Å²) in [6.07, 6.45) is 7.38. The zero-order valence-corrected chi connectivity index (χ0v) is 17.9. The second-order valence-corrected chi connectivity index (χ2v) is 8.99. The molecule has 0 atom stereocenters. The lowest BCUT2D eigenvalue weighted by Gasteiger charge is -2.15. The highest BCUT2D eigenvalue weighted by Gasteiger charge is 2.18. The Bertz CT molecular complexity index is 1170. The minimum atomic E-state index is 0.469. The number of aromatic nitrogens is 1. The third-order valence-corrected chi connectivity index (χ3v) is 6.62. The molecule has 0 N–H and O–H groups in total. The molecule has 1 heteroatoms. The Hall–Kier alpha value is -2.93. The van der Waals surface area contributed by atoms with Crippen LogP contribution in [0, 0.1) is 0 Å². The van der Waals surface area contributed by atoms with Crippen LogP contribution in [0.5, 0.6) is 0 Å². The minimum Gasteiger partial charge on any atom is -0.256 e. The molecular formula is C29H29N. The van der Waals surface area contributed by atoms with Crippen molar-refractivity contribution >= 4 is 10.8 Å². The summed E-state index contributed by atoms with van der Waals surface area (Å²) in [7, 11) is 0. The van der Waals surface area contributed by atoms with Crippen molar-refractivity contribution in [3.63, 3.8) is 0 Å². The summed E-state index contributed by atoms with van der Waals surface area (Å²) >= 11 is 0. The van der Waals surface area contributed by atoms with E-state index in [2.05, 4.69) is 86.6 Å². The zero-order valence-electron chi connectivity index (χ0n) is 17.9. The lowest BCUT2D eigenvalue weighted by atomic mass is 9.91. The average molecular weight is 392 g/mol. The SMILES string of the molecule is CC(C)c1cc(-c2ccccc2)cc(-c2nccc3cc(C4CCCC4)ccc23)c1. The van der Waals surface area contributed by atoms with E-state index in [1.807, 2.05) is 6.20 Å². The first-order valence-electron chi connectivity index (χ1n) is 11.3. The normalized spacial score (nSPS) is 14.6. The van der Waals surface area contributed by atoms with Crippen LogP contribution in [0.2, 0.25) is 0 Å². The van der Waals surface area contributed by atoms with Gasteiger partial charge in [-0.15, -0.1) is 0 Å². The number of rotatable bonds is 4. The highest BCUT2D eigenvalue weighted by atomic mass is 14.7. The molecule has 1 saturated carbocycles. The van der Waals surface area contributed by atoms with Gasteiger partial charge in [-0.1, -0.05) is 81.3 Å². The molecule has 0 bridgehead atoms. The van der Waals surface area contributed by atoms with E-state index in [-0.39, 0.29) is 0 Å². The fourth-order valence-corrected chi connectivity index (χ4v) is 4.86. The van der Waals surface area contributed by atoms with Crippen molar-refractivity contribution in [2.45, 2.75) is 51.4 Å². The lowest BCUT2D eigenvalue weighted by Crippen LogP contribution is -1.95. The number of pyridine rings is 1. The van der Waals surface area contributed by atoms with Crippen molar-refractivity contribution in [2.24, 2.45) is 0 Å². The second-order valence-electron chi connectivity index (χ2n) is 8.99. The van der Waals surface area contributed by atoms with Crippen molar-refractivity contribution in [1.29, 1.82) is 0 Å². The van der Waals surface area contributed by atoms with Gasteiger partial charge in [0.05, 0.1) is 5.69 Å². The van der Waals surface area contributed by atoms with Crippen molar-refractivity contribution in [1.82, 2.24) is 4.98 Å². The van der Waals surface area contributed by atoms with Crippen LogP contribution in [0.1, 0.15) is 62.5 Å². The predicted octanol–water partition coefficient (Wildman–Crippen LogP) is 8.35. The fourth-order valence-electron chi connectivity index (χ4n) is 4.86. The van der Waals surface area contributed by atoms with Gasteiger partial charge >= 0.3 is 0 Å². The maximum Gasteiger partial charge on any atom is 0.0780 e. The summed E-state index contributed by atoms with van der Waals surface area (Å²) in [5.74, 6) is 1.20. The van der Waals surface area contributed by atoms with Gasteiger partial charge in [-0.2, -0.15) is 0 Å². The van der Waals surface area contributed by atoms with Gasteiger partial charge in [0.25, 0.3) is 0 Å². The first-order chi connectivity index (χ1) is 14.7. The monoisotopic (exact) mass is 391 g/mol. The fraction of sp³-hybridized carbons (Fsp3) is 0.276. The number of hydrogen-bond donors (Lipinski definition) is 0. The number of fused-ring (bicyclic) bond motifs is 1. The molecule has 0 unspecified atom stereocenters. The van der Waals surface area contributed by atoms with E-state index in [0.717, 1.165) is 11.6 Å². The van der Waals surface area contributed by atoms with Gasteiger partial charge in [0.2, 0.25) is 0 Å². The van der Waals surface area contributed by atoms with Gasteiger partial charge in [0.1, 0.15) is 0 Å². The Morgan fingerprint density at radius 1 is 0.767 bits per heavy atom. The molecule has 3 aromatic carbocycles. The molecule has 0 aliphatic heterocycles. The number of hydrogen-bond acceptors (Lipinski definition) is 1. The Morgan fingerprint density at radius 2 is 1.53 bits per heavy atom. The highest BCUT2D eigenvalue weighted by Crippen LogP contribution is 2.37. The third kappa shape index (κ3) is 3.65. The molecule has 4 aromatic rings. The summed E-state index contributed by atoms with van der Waals surface area (Å²) in [6, 6.07) is 26.8. The molecule has 1 fully saturated rings. The Kier molecular flexibility index (Phi) is 5.12. The Balaban J connectivity index is 1.65. The van der Waals surface area contributed by atoms with E-state index in [4.69, 9.17) is 4.98 Å². The maximum atomic E-state index is 4.84. The van der Waals surface area contributed by atoms with Crippen molar-refractivity contribution in [2.75, 3.05) is 0 Å². The van der Waals surface area contributed by atoms with Crippen LogP contribution >= 0.6 is 0 Å². The van der Waals surface area contributed by atoms with Crippen LogP contribution in [0.25, 0.3) is 33.2 Å². The molecule has 1 aromatic heterocycles. The van der Waals surface area contributed by atoms with Crippen LogP contribution in [0.15, 0.2) is 79.0 Å². The Labute approximate surface area is 179 Å². The van der Waals surface area contributed by atoms with E-state index < -0.39 is 0 Å². The van der Waals surface area contributed by atoms with E-state index in [9.17, 15) is 0 Å². The van der Waals surface area contributed by atoms with Gasteiger partial charge in [0, 0.05) is 17.1 Å². The van der Waals surface area contributed by atoms with Crippen LogP contribution in [-0.4, -0.2) is 4.98 Å². The van der Waals surface area contributed by atoms with E-state index in [0.29, 0.717) is 5.92 Å². The van der Waals surface area contributed by atoms with Gasteiger partial charge in [-0.05, 0) is 70.5 Å². The van der Waals surface area contributed by atoms with Crippen LogP contribution < -0.4 is 0 Å². The first-order valence-corrected chi connectivity index (χ1v) is 11.3. The summed E-state index contributed by atoms with van der Waals surface area (Å²) in [5.41, 5.74) is 7.67. The highest BCUT2D eigenvalue weighted by molar-refractivity contribution is 5.95. The van der Waals surface area contributed by atoms with Gasteiger partial charge in [-0.3, -0.25) is 4.98 Å². The van der Waals surface area contributed by atoms with Crippen molar-refractivity contribution in [3.8, 4) is 22.4 Å². The van der Waals surface area contributed by atoms with Crippen molar-refractivity contribution < 1.29 is 0 Å². The smallest absolute Gasteiger partial charge is 0.0780 e. The number of benzene rings is 3. The summed E-state index contributed by atoms with van der Waals surface area (Å²) in [4.78, 5) is 4.84. The molecule has 0 saturated heterocycles. The minimum absolute atomic E-state index is 0.469. The number of nitrogens with zero attached hydrogens (tertiary/aromatic N) is 1. The molecular weight excluding hydrogens is 362 g/mol. The van der Waals surface area contributed by atoms with Crippen LogP contribution in [0.3, 0.4) is 0 Å². The molecule has 30 heavy (non-hydrogen) atoms. The molecule has 5 rings (SSSR count). The predicted molar refractivity (Wildman–Crippen MR) is 128 cm³/mol. The quantitative estimate of drug-likeness (QED) is 0.340. The Morgan fingerprint density at radius 3 is 2.30 bits per heavy atom. The van der Waals surface area contributed by atoms with Gasteiger partial charge < -0.3 is 0 Å². The van der Waals surface area contributed by atoms with Crippen LogP contribution in [0.4, 0.5) is 0 Å². The van der Waals surface area contributed by atoms with E-state index in [1.54, 1.807) is 0 Å². The summed E-state index contributed by atoms with van der Waals surface area (Å²) in [5, 5.41) is 2.56. The molecule has 1 aliphatic carbocycles. The lowest BCUT2D eigenvalue weighted by molar-refractivity contribution is 0.724. The third-order valence-electron chi connectivity index (χ3n) is 6.62. The van der Waals surface area contributed by atoms with Crippen molar-refractivity contribution in [3.05, 3.63) is 90.1 Å². The van der Waals surface area contributed by atoms with Crippen LogP contribution in [-0.2, 0) is 0 Å². The standard InChI is InChI=1S/C29H29N/c1-20(2)25-17-26(22-8-4-3-5-9-22)19-27(18-25)29-28-13-12-23(21-10-6-7-11-21)16-24(28)14-15-30-29/h3-5,8-9,12-21H,6-7,10-11H2,1-2H3. The zero-order chi connectivity index (χ0) is 20.5. The molecule has 0 radical (unpaired) electrons. The molecule has 1 heterocycles. The van der Waals surface area contributed by atoms with Gasteiger partial charge in [0.15, 0.2) is 0 Å². The average Bonchev–Trinajstić information content (AvgIpc) is 3.33. The summed E-state index contributed by atoms with van der Waals surface area (Å²) < 4.78 is 0. The summed E-state index contributed by atoms with van der Waals surface area (Å²) in [6.45, 7) is 4.52. The first kappa shape index (κ1) is 19.1. The molecule has 1 aliphatic rings. The largest absolute Gasteiger partial charge is 0.256 e. The topological polar surface area (TPSA) is 12.9 Å². The molecule has 150 valence electrons. The molecule has 1 nitrogen and oxygen atoms in total. The molecule has 0 spiro atoms.